The summed E-state index contributed by atoms with van der Waals surface area (Å²) in [6.45, 7) is 10.8. The highest BCUT2D eigenvalue weighted by molar-refractivity contribution is 9.10. The maximum atomic E-state index is 5.86. The molecule has 1 N–H and O–H groups in total. The molecule has 0 radical (unpaired) electrons. The molecule has 1 aliphatic rings. The van der Waals surface area contributed by atoms with E-state index in [0.29, 0.717) is 0 Å². The summed E-state index contributed by atoms with van der Waals surface area (Å²) in [5.41, 5.74) is 1.19. The average Bonchev–Trinajstić information content (AvgIpc) is 2.47. The van der Waals surface area contributed by atoms with Crippen LogP contribution >= 0.6 is 15.9 Å². The molecule has 21 heavy (non-hydrogen) atoms. The van der Waals surface area contributed by atoms with E-state index in [2.05, 4.69) is 46.1 Å². The second-order valence-electron chi connectivity index (χ2n) is 5.55. The summed E-state index contributed by atoms with van der Waals surface area (Å²) in [5, 5.41) is 3.51. The molecule has 1 aliphatic heterocycles. The van der Waals surface area contributed by atoms with Gasteiger partial charge in [0.05, 0.1) is 19.3 Å². The molecule has 1 aromatic rings. The lowest BCUT2D eigenvalue weighted by Crippen LogP contribution is -2.40. The highest BCUT2D eigenvalue weighted by Crippen LogP contribution is 2.24. The van der Waals surface area contributed by atoms with E-state index in [0.717, 1.165) is 56.2 Å². The molecule has 118 valence electrons. The third-order valence-corrected chi connectivity index (χ3v) is 3.90. The fraction of sp³-hybridized carbons (Fsp3) is 0.625. The van der Waals surface area contributed by atoms with Crippen molar-refractivity contribution in [3.05, 3.63) is 28.2 Å². The van der Waals surface area contributed by atoms with Crippen molar-refractivity contribution in [3.8, 4) is 5.75 Å². The van der Waals surface area contributed by atoms with Gasteiger partial charge in [-0.05, 0) is 32.0 Å². The molecular formula is C16H25BrN2O2. The lowest BCUT2D eigenvalue weighted by atomic mass is 10.2. The molecule has 1 aromatic carbocycles. The van der Waals surface area contributed by atoms with Crippen LogP contribution in [0.4, 0.5) is 0 Å². The van der Waals surface area contributed by atoms with E-state index < -0.39 is 0 Å². The molecule has 0 atom stereocenters. The molecule has 0 aliphatic carbocycles. The van der Waals surface area contributed by atoms with Gasteiger partial charge in [0.15, 0.2) is 0 Å². The number of hydrogen-bond donors (Lipinski definition) is 1. The Labute approximate surface area is 135 Å². The number of nitrogens with one attached hydrogen (secondary N) is 1. The molecule has 0 bridgehead atoms. The number of halogens is 1. The van der Waals surface area contributed by atoms with Crippen molar-refractivity contribution in [1.82, 2.24) is 10.2 Å². The van der Waals surface area contributed by atoms with Crippen molar-refractivity contribution in [2.24, 2.45) is 0 Å². The largest absolute Gasteiger partial charge is 0.491 e. The summed E-state index contributed by atoms with van der Waals surface area (Å²) >= 11 is 3.53. The second kappa shape index (κ2) is 8.73. The molecule has 1 saturated heterocycles. The van der Waals surface area contributed by atoms with E-state index in [1.165, 1.54) is 5.56 Å². The van der Waals surface area contributed by atoms with Gasteiger partial charge in [-0.15, -0.1) is 0 Å². The van der Waals surface area contributed by atoms with E-state index in [1.54, 1.807) is 0 Å². The highest BCUT2D eigenvalue weighted by atomic mass is 79.9. The Hall–Kier alpha value is -0.620. The van der Waals surface area contributed by atoms with E-state index in [-0.39, 0.29) is 6.10 Å². The fourth-order valence-electron chi connectivity index (χ4n) is 2.34. The summed E-state index contributed by atoms with van der Waals surface area (Å²) in [6.07, 6.45) is 0.193. The lowest BCUT2D eigenvalue weighted by molar-refractivity contribution is 0.0384. The van der Waals surface area contributed by atoms with Crippen LogP contribution in [0.1, 0.15) is 19.4 Å². The van der Waals surface area contributed by atoms with Crippen LogP contribution in [0.5, 0.6) is 5.75 Å². The standard InChI is InChI=1S/C16H25BrN2O2/c1-13(2)21-16-4-3-15(17)11-14(16)12-18-5-6-19-7-9-20-10-8-19/h3-4,11,13,18H,5-10,12H2,1-2H3. The number of morpholine rings is 1. The van der Waals surface area contributed by atoms with Crippen LogP contribution < -0.4 is 10.1 Å². The fourth-order valence-corrected chi connectivity index (χ4v) is 2.75. The Kier molecular flexibility index (Phi) is 6.96. The molecule has 4 nitrogen and oxygen atoms in total. The van der Waals surface area contributed by atoms with Crippen molar-refractivity contribution in [1.29, 1.82) is 0 Å². The van der Waals surface area contributed by atoms with Crippen LogP contribution in [-0.4, -0.2) is 50.4 Å². The Morgan fingerprint density at radius 2 is 2.10 bits per heavy atom. The van der Waals surface area contributed by atoms with Crippen molar-refractivity contribution >= 4 is 15.9 Å². The van der Waals surface area contributed by atoms with Crippen LogP contribution in [0.15, 0.2) is 22.7 Å². The summed E-state index contributed by atoms with van der Waals surface area (Å²) in [5.74, 6) is 0.965. The Bertz CT molecular complexity index is 434. The lowest BCUT2D eigenvalue weighted by Gasteiger charge is -2.26. The van der Waals surface area contributed by atoms with Gasteiger partial charge in [-0.2, -0.15) is 0 Å². The maximum Gasteiger partial charge on any atom is 0.124 e. The minimum atomic E-state index is 0.193. The zero-order valence-corrected chi connectivity index (χ0v) is 14.5. The maximum absolute atomic E-state index is 5.86. The van der Waals surface area contributed by atoms with Gasteiger partial charge in [-0.1, -0.05) is 15.9 Å². The summed E-state index contributed by atoms with van der Waals surface area (Å²) in [6, 6.07) is 6.18. The van der Waals surface area contributed by atoms with Crippen LogP contribution in [0.25, 0.3) is 0 Å². The number of ether oxygens (including phenoxy) is 2. The number of benzene rings is 1. The Balaban J connectivity index is 1.79. The predicted octanol–water partition coefficient (Wildman–Crippen LogP) is 2.66. The van der Waals surface area contributed by atoms with Crippen molar-refractivity contribution in [3.63, 3.8) is 0 Å². The van der Waals surface area contributed by atoms with Gasteiger partial charge >= 0.3 is 0 Å². The van der Waals surface area contributed by atoms with Crippen LogP contribution in [0.2, 0.25) is 0 Å². The second-order valence-corrected chi connectivity index (χ2v) is 6.47. The Morgan fingerprint density at radius 3 is 2.81 bits per heavy atom. The number of rotatable bonds is 7. The third kappa shape index (κ3) is 5.94. The van der Waals surface area contributed by atoms with Crippen molar-refractivity contribution in [2.45, 2.75) is 26.5 Å². The first-order valence-corrected chi connectivity index (χ1v) is 8.40. The zero-order valence-electron chi connectivity index (χ0n) is 12.9. The normalized spacial score (nSPS) is 16.4. The summed E-state index contributed by atoms with van der Waals surface area (Å²) < 4.78 is 12.3. The molecule has 0 amide bonds. The van der Waals surface area contributed by atoms with Crippen molar-refractivity contribution < 1.29 is 9.47 Å². The van der Waals surface area contributed by atoms with Crippen LogP contribution in [0.3, 0.4) is 0 Å². The van der Waals surface area contributed by atoms with Gasteiger partial charge in [0, 0.05) is 42.8 Å². The zero-order chi connectivity index (χ0) is 15.1. The minimum Gasteiger partial charge on any atom is -0.491 e. The van der Waals surface area contributed by atoms with Gasteiger partial charge < -0.3 is 14.8 Å². The summed E-state index contributed by atoms with van der Waals surface area (Å²) in [4.78, 5) is 2.43. The third-order valence-electron chi connectivity index (χ3n) is 3.41. The number of hydrogen-bond acceptors (Lipinski definition) is 4. The van der Waals surface area contributed by atoms with Gasteiger partial charge in [0.2, 0.25) is 0 Å². The first-order valence-electron chi connectivity index (χ1n) is 7.61. The first kappa shape index (κ1) is 16.7. The molecule has 2 rings (SSSR count). The smallest absolute Gasteiger partial charge is 0.124 e. The predicted molar refractivity (Wildman–Crippen MR) is 88.9 cm³/mol. The SMILES string of the molecule is CC(C)Oc1ccc(Br)cc1CNCCN1CCOCC1. The minimum absolute atomic E-state index is 0.193. The highest BCUT2D eigenvalue weighted by Gasteiger charge is 2.10. The van der Waals surface area contributed by atoms with E-state index in [9.17, 15) is 0 Å². The van der Waals surface area contributed by atoms with E-state index in [4.69, 9.17) is 9.47 Å². The van der Waals surface area contributed by atoms with Crippen LogP contribution in [-0.2, 0) is 11.3 Å². The molecule has 5 heteroatoms. The van der Waals surface area contributed by atoms with E-state index in [1.807, 2.05) is 12.1 Å². The monoisotopic (exact) mass is 356 g/mol. The topological polar surface area (TPSA) is 33.7 Å². The average molecular weight is 357 g/mol. The van der Waals surface area contributed by atoms with Gasteiger partial charge in [-0.3, -0.25) is 4.90 Å². The molecule has 1 fully saturated rings. The molecule has 0 aromatic heterocycles. The van der Waals surface area contributed by atoms with E-state index >= 15 is 0 Å². The van der Waals surface area contributed by atoms with Crippen LogP contribution in [0, 0.1) is 0 Å². The molecule has 0 saturated carbocycles. The molecule has 1 heterocycles. The molecule has 0 spiro atoms. The number of nitrogens with zero attached hydrogens (tertiary/aromatic N) is 1. The van der Waals surface area contributed by atoms with Gasteiger partial charge in [-0.25, -0.2) is 0 Å². The van der Waals surface area contributed by atoms with Gasteiger partial charge in [0.1, 0.15) is 5.75 Å². The molecular weight excluding hydrogens is 332 g/mol. The first-order chi connectivity index (χ1) is 10.1. The van der Waals surface area contributed by atoms with Gasteiger partial charge in [0.25, 0.3) is 0 Å². The Morgan fingerprint density at radius 1 is 1.33 bits per heavy atom. The summed E-state index contributed by atoms with van der Waals surface area (Å²) in [7, 11) is 0. The quantitative estimate of drug-likeness (QED) is 0.761. The molecule has 0 unspecified atom stereocenters. The van der Waals surface area contributed by atoms with Crippen molar-refractivity contribution in [2.75, 3.05) is 39.4 Å².